The Morgan fingerprint density at radius 1 is 1.03 bits per heavy atom. The third-order valence-corrected chi connectivity index (χ3v) is 10.3. The number of para-hydroxylation sites is 1. The van der Waals surface area contributed by atoms with Gasteiger partial charge >= 0.3 is 0 Å². The topological polar surface area (TPSA) is 66.5 Å². The molecule has 1 saturated heterocycles. The highest BCUT2D eigenvalue weighted by atomic mass is 32.2. The first-order valence-electron chi connectivity index (χ1n) is 10.1. The van der Waals surface area contributed by atoms with E-state index in [0.717, 1.165) is 10.6 Å². The highest BCUT2D eigenvalue weighted by Gasteiger charge is 2.32. The van der Waals surface area contributed by atoms with Crippen LogP contribution in [0.25, 0.3) is 0 Å². The van der Waals surface area contributed by atoms with Crippen LogP contribution in [0.1, 0.15) is 38.5 Å². The van der Waals surface area contributed by atoms with Gasteiger partial charge in [-0.2, -0.15) is 4.31 Å². The molecule has 1 aromatic carbocycles. The quantitative estimate of drug-likeness (QED) is 0.685. The number of rotatable bonds is 6. The maximum Gasteiger partial charge on any atom is 0.252 e. The fourth-order valence-electron chi connectivity index (χ4n) is 3.99. The molecule has 5 nitrogen and oxygen atoms in total. The van der Waals surface area contributed by atoms with E-state index in [1.165, 1.54) is 41.3 Å². The summed E-state index contributed by atoms with van der Waals surface area (Å²) in [6.07, 6.45) is 6.16. The summed E-state index contributed by atoms with van der Waals surface area (Å²) in [4.78, 5) is 14.0. The van der Waals surface area contributed by atoms with Crippen molar-refractivity contribution in [2.45, 2.75) is 52.9 Å². The molecular formula is C21H26N2O3S3. The fraction of sp³-hybridized carbons (Fsp3) is 0.476. The summed E-state index contributed by atoms with van der Waals surface area (Å²) >= 11 is 3.10. The van der Waals surface area contributed by atoms with Gasteiger partial charge in [0.25, 0.3) is 10.0 Å². The van der Waals surface area contributed by atoms with Crippen LogP contribution < -0.4 is 5.32 Å². The molecule has 1 aliphatic heterocycles. The summed E-state index contributed by atoms with van der Waals surface area (Å²) in [6.45, 7) is 0.771. The highest BCUT2D eigenvalue weighted by Crippen LogP contribution is 2.38. The molecule has 0 unspecified atom stereocenters. The molecule has 2 aliphatic rings. The summed E-state index contributed by atoms with van der Waals surface area (Å²) < 4.78 is 27.2. The van der Waals surface area contributed by atoms with Crippen LogP contribution in [-0.2, 0) is 14.8 Å². The molecule has 8 heteroatoms. The summed E-state index contributed by atoms with van der Waals surface area (Å²) in [5.74, 6) is -0.160. The molecule has 156 valence electrons. The zero-order chi connectivity index (χ0) is 20.3. The van der Waals surface area contributed by atoms with Gasteiger partial charge in [-0.15, -0.1) is 23.1 Å². The number of nitrogens with zero attached hydrogens (tertiary/aromatic N) is 1. The first-order chi connectivity index (χ1) is 14.0. The van der Waals surface area contributed by atoms with E-state index in [-0.39, 0.29) is 11.8 Å². The van der Waals surface area contributed by atoms with E-state index in [4.69, 9.17) is 0 Å². The van der Waals surface area contributed by atoms with Crippen LogP contribution in [0.3, 0.4) is 0 Å². The largest absolute Gasteiger partial charge is 0.325 e. The fourth-order valence-corrected chi connectivity index (χ4v) is 7.93. The number of amides is 1. The van der Waals surface area contributed by atoms with Crippen molar-refractivity contribution in [3.8, 4) is 0 Å². The van der Waals surface area contributed by atoms with Crippen LogP contribution in [-0.4, -0.2) is 37.0 Å². The van der Waals surface area contributed by atoms with Crippen LogP contribution in [0.4, 0.5) is 5.69 Å². The van der Waals surface area contributed by atoms with E-state index in [1.807, 2.05) is 30.0 Å². The van der Waals surface area contributed by atoms with Crippen molar-refractivity contribution in [2.75, 3.05) is 18.4 Å². The van der Waals surface area contributed by atoms with Crippen molar-refractivity contribution in [1.29, 1.82) is 0 Å². The Bertz CT molecular complexity index is 930. The zero-order valence-electron chi connectivity index (χ0n) is 16.2. The smallest absolute Gasteiger partial charge is 0.252 e. The highest BCUT2D eigenvalue weighted by molar-refractivity contribution is 8.00. The predicted molar refractivity (Wildman–Crippen MR) is 119 cm³/mol. The van der Waals surface area contributed by atoms with E-state index < -0.39 is 10.0 Å². The number of thioether (sulfide) groups is 1. The van der Waals surface area contributed by atoms with Crippen LogP contribution in [0.5, 0.6) is 0 Å². The lowest BCUT2D eigenvalue weighted by molar-refractivity contribution is -0.120. The van der Waals surface area contributed by atoms with Gasteiger partial charge in [0, 0.05) is 29.2 Å². The molecule has 1 amide bonds. The number of benzene rings is 1. The number of hydrogen-bond acceptors (Lipinski definition) is 5. The number of piperidine rings is 1. The second-order valence-corrected chi connectivity index (χ2v) is 12.1. The number of carbonyl (C=O) groups excluding carboxylic acids is 1. The minimum atomic E-state index is -3.43. The SMILES string of the molecule is O=C(Nc1ccccc1SC1CCCC1)C1CCN(S(=O)(=O)c2cccs2)CC1. The van der Waals surface area contributed by atoms with Gasteiger partial charge in [-0.3, -0.25) is 4.79 Å². The van der Waals surface area contributed by atoms with E-state index >= 15 is 0 Å². The third kappa shape index (κ3) is 4.87. The molecule has 1 aromatic heterocycles. The van der Waals surface area contributed by atoms with Crippen LogP contribution >= 0.6 is 23.1 Å². The summed E-state index contributed by atoms with van der Waals surface area (Å²) in [5, 5.41) is 5.52. The standard InChI is InChI=1S/C21H26N2O3S3/c24-21(22-18-8-3-4-9-19(18)28-17-6-1-2-7-17)16-11-13-23(14-12-16)29(25,26)20-10-5-15-27-20/h3-5,8-10,15-17H,1-2,6-7,11-14H2,(H,22,24). The number of sulfonamides is 1. The molecule has 29 heavy (non-hydrogen) atoms. The molecule has 4 rings (SSSR count). The van der Waals surface area contributed by atoms with E-state index in [1.54, 1.807) is 17.5 Å². The summed E-state index contributed by atoms with van der Waals surface area (Å²) in [5.41, 5.74) is 0.878. The lowest BCUT2D eigenvalue weighted by atomic mass is 9.97. The van der Waals surface area contributed by atoms with Crippen LogP contribution in [0.2, 0.25) is 0 Å². The molecule has 2 heterocycles. The molecule has 2 aromatic rings. The number of carbonyl (C=O) groups is 1. The normalized spacial score (nSPS) is 19.4. The molecule has 1 aliphatic carbocycles. The van der Waals surface area contributed by atoms with Crippen molar-refractivity contribution in [3.63, 3.8) is 0 Å². The van der Waals surface area contributed by atoms with Gasteiger partial charge in [-0.05, 0) is 49.3 Å². The zero-order valence-corrected chi connectivity index (χ0v) is 18.7. The maximum atomic E-state index is 12.9. The average molecular weight is 451 g/mol. The Hall–Kier alpha value is -1.35. The number of nitrogens with one attached hydrogen (secondary N) is 1. The van der Waals surface area contributed by atoms with Gasteiger partial charge in [-0.1, -0.05) is 31.0 Å². The average Bonchev–Trinajstić information content (AvgIpc) is 3.44. The monoisotopic (exact) mass is 450 g/mol. The van der Waals surface area contributed by atoms with Crippen molar-refractivity contribution in [1.82, 2.24) is 4.31 Å². The second kappa shape index (κ2) is 9.20. The van der Waals surface area contributed by atoms with Crippen molar-refractivity contribution >= 4 is 44.7 Å². The molecule has 2 fully saturated rings. The van der Waals surface area contributed by atoms with Gasteiger partial charge in [-0.25, -0.2) is 8.42 Å². The van der Waals surface area contributed by atoms with E-state index in [9.17, 15) is 13.2 Å². The Kier molecular flexibility index (Phi) is 6.63. The van der Waals surface area contributed by atoms with E-state index in [0.29, 0.717) is 35.4 Å². The minimum absolute atomic E-state index is 0.00218. The van der Waals surface area contributed by atoms with Crippen LogP contribution in [0, 0.1) is 5.92 Å². The van der Waals surface area contributed by atoms with Gasteiger partial charge < -0.3 is 5.32 Å². The third-order valence-electron chi connectivity index (χ3n) is 5.65. The Balaban J connectivity index is 1.36. The molecule has 0 radical (unpaired) electrons. The first-order valence-corrected chi connectivity index (χ1v) is 13.3. The number of hydrogen-bond donors (Lipinski definition) is 1. The second-order valence-electron chi connectivity index (χ2n) is 7.62. The molecule has 0 atom stereocenters. The first kappa shape index (κ1) is 20.9. The molecule has 1 N–H and O–H groups in total. The predicted octanol–water partition coefficient (Wildman–Crippen LogP) is 4.82. The van der Waals surface area contributed by atoms with Crippen molar-refractivity contribution in [3.05, 3.63) is 41.8 Å². The lowest BCUT2D eigenvalue weighted by Crippen LogP contribution is -2.41. The van der Waals surface area contributed by atoms with Crippen molar-refractivity contribution in [2.24, 2.45) is 5.92 Å². The molecule has 0 bridgehead atoms. The van der Waals surface area contributed by atoms with Crippen LogP contribution in [0.15, 0.2) is 50.9 Å². The number of thiophene rings is 1. The minimum Gasteiger partial charge on any atom is -0.325 e. The lowest BCUT2D eigenvalue weighted by Gasteiger charge is -2.30. The van der Waals surface area contributed by atoms with Gasteiger partial charge in [0.05, 0.1) is 5.69 Å². The maximum absolute atomic E-state index is 12.9. The van der Waals surface area contributed by atoms with Gasteiger partial charge in [0.15, 0.2) is 0 Å². The number of anilines is 1. The Labute approximate surface area is 180 Å². The summed E-state index contributed by atoms with van der Waals surface area (Å²) in [6, 6.07) is 11.4. The van der Waals surface area contributed by atoms with Gasteiger partial charge in [0.2, 0.25) is 5.91 Å². The van der Waals surface area contributed by atoms with Crippen molar-refractivity contribution < 1.29 is 13.2 Å². The Morgan fingerprint density at radius 3 is 2.45 bits per heavy atom. The summed E-state index contributed by atoms with van der Waals surface area (Å²) in [7, 11) is -3.43. The van der Waals surface area contributed by atoms with E-state index in [2.05, 4.69) is 11.4 Å². The Morgan fingerprint density at radius 2 is 1.76 bits per heavy atom. The molecule has 0 spiro atoms. The molecular weight excluding hydrogens is 424 g/mol. The molecule has 1 saturated carbocycles. The van der Waals surface area contributed by atoms with Gasteiger partial charge in [0.1, 0.15) is 4.21 Å².